The molecule has 1 heterocycles. The van der Waals surface area contributed by atoms with Crippen LogP contribution in [0.2, 0.25) is 0 Å². The minimum Gasteiger partial charge on any atom is -0.489 e. The van der Waals surface area contributed by atoms with E-state index < -0.39 is 0 Å². The molecule has 3 rings (SSSR count). The Labute approximate surface area is 201 Å². The van der Waals surface area contributed by atoms with Crippen molar-refractivity contribution in [3.8, 4) is 5.75 Å². The number of carbonyl (C=O) groups is 1. The summed E-state index contributed by atoms with van der Waals surface area (Å²) in [6.07, 6.45) is 1.40. The normalized spacial score (nSPS) is 14.5. The Morgan fingerprint density at radius 1 is 1.13 bits per heavy atom. The zero-order chi connectivity index (χ0) is 21.2. The molecule has 7 nitrogen and oxygen atoms in total. The molecule has 0 saturated carbocycles. The number of benzene rings is 2. The fourth-order valence-electron chi connectivity index (χ4n) is 3.35. The molecule has 0 aliphatic carbocycles. The topological polar surface area (TPSA) is 89.2 Å². The summed E-state index contributed by atoms with van der Waals surface area (Å²) in [5.41, 5.74) is 8.24. The van der Waals surface area contributed by atoms with Crippen molar-refractivity contribution in [2.24, 2.45) is 10.7 Å². The molecule has 168 valence electrons. The predicted molar refractivity (Wildman–Crippen MR) is 133 cm³/mol. The first kappa shape index (κ1) is 24.8. The summed E-state index contributed by atoms with van der Waals surface area (Å²) in [6.45, 7) is 4.54. The number of halogens is 1. The molecule has 1 aliphatic rings. The summed E-state index contributed by atoms with van der Waals surface area (Å²) in [5, 5.41) is 3.27. The van der Waals surface area contributed by atoms with E-state index in [1.807, 2.05) is 55.5 Å². The molecule has 2 aromatic rings. The maximum Gasteiger partial charge on any atom is 0.409 e. The predicted octanol–water partition coefficient (Wildman–Crippen LogP) is 3.91. The van der Waals surface area contributed by atoms with Gasteiger partial charge in [0.25, 0.3) is 0 Å². The highest BCUT2D eigenvalue weighted by Gasteiger charge is 2.23. The fourth-order valence-corrected chi connectivity index (χ4v) is 3.35. The minimum absolute atomic E-state index is 0. The highest BCUT2D eigenvalue weighted by atomic mass is 127. The number of aliphatic imine (C=N–C) groups is 1. The Bertz CT molecular complexity index is 840. The SMILES string of the molecule is CCOC(=O)N1CCC(NC(N)=NCc2cccc(COc3ccccc3)c2)CC1.I. The molecule has 3 N–H and O–H groups in total. The molecule has 0 atom stereocenters. The smallest absolute Gasteiger partial charge is 0.409 e. The lowest BCUT2D eigenvalue weighted by Crippen LogP contribution is -2.48. The summed E-state index contributed by atoms with van der Waals surface area (Å²) in [4.78, 5) is 18.0. The van der Waals surface area contributed by atoms with E-state index in [1.54, 1.807) is 4.90 Å². The van der Waals surface area contributed by atoms with Crippen LogP contribution in [0.15, 0.2) is 59.6 Å². The lowest BCUT2D eigenvalue weighted by molar-refractivity contribution is 0.0963. The van der Waals surface area contributed by atoms with E-state index in [0.717, 1.165) is 29.7 Å². The number of likely N-dealkylation sites (tertiary alicyclic amines) is 1. The molecule has 0 aromatic heterocycles. The van der Waals surface area contributed by atoms with Crippen molar-refractivity contribution >= 4 is 36.0 Å². The lowest BCUT2D eigenvalue weighted by Gasteiger charge is -2.31. The van der Waals surface area contributed by atoms with Gasteiger partial charge in [0, 0.05) is 19.1 Å². The number of guanidine groups is 1. The van der Waals surface area contributed by atoms with Crippen molar-refractivity contribution in [1.29, 1.82) is 0 Å². The average molecular weight is 538 g/mol. The molecule has 1 fully saturated rings. The van der Waals surface area contributed by atoms with Crippen molar-refractivity contribution in [2.75, 3.05) is 19.7 Å². The second-order valence-corrected chi connectivity index (χ2v) is 7.23. The van der Waals surface area contributed by atoms with Crippen LogP contribution < -0.4 is 15.8 Å². The Morgan fingerprint density at radius 3 is 2.55 bits per heavy atom. The molecule has 1 aliphatic heterocycles. The first-order valence-corrected chi connectivity index (χ1v) is 10.4. The summed E-state index contributed by atoms with van der Waals surface area (Å²) in [6, 6.07) is 18.1. The molecule has 0 unspecified atom stereocenters. The summed E-state index contributed by atoms with van der Waals surface area (Å²) in [7, 11) is 0. The third-order valence-electron chi connectivity index (χ3n) is 4.95. The Morgan fingerprint density at radius 2 is 1.84 bits per heavy atom. The minimum atomic E-state index is -0.242. The maximum absolute atomic E-state index is 11.8. The standard InChI is InChI=1S/C23H30N4O3.HI/c1-2-29-23(28)27-13-11-20(12-14-27)26-22(24)25-16-18-7-6-8-19(15-18)17-30-21-9-4-3-5-10-21;/h3-10,15,20H,2,11-14,16-17H2,1H3,(H3,24,25,26);1H. The first-order chi connectivity index (χ1) is 14.6. The van der Waals surface area contributed by atoms with Gasteiger partial charge in [-0.25, -0.2) is 9.79 Å². The van der Waals surface area contributed by atoms with Gasteiger partial charge in [0.1, 0.15) is 12.4 Å². The van der Waals surface area contributed by atoms with E-state index in [0.29, 0.717) is 38.8 Å². The molecular formula is C23H31IN4O3. The van der Waals surface area contributed by atoms with Gasteiger partial charge in [0.05, 0.1) is 13.2 Å². The second kappa shape index (κ2) is 13.0. The number of nitrogens with two attached hydrogens (primary N) is 1. The van der Waals surface area contributed by atoms with Crippen molar-refractivity contribution < 1.29 is 14.3 Å². The zero-order valence-electron chi connectivity index (χ0n) is 17.8. The van der Waals surface area contributed by atoms with Crippen LogP contribution in [0.4, 0.5) is 4.79 Å². The molecule has 31 heavy (non-hydrogen) atoms. The number of ether oxygens (including phenoxy) is 2. The molecule has 0 bridgehead atoms. The number of carbonyl (C=O) groups excluding carboxylic acids is 1. The summed E-state index contributed by atoms with van der Waals surface area (Å²) in [5.74, 6) is 1.28. The van der Waals surface area contributed by atoms with Crippen LogP contribution in [0.1, 0.15) is 30.9 Å². The third kappa shape index (κ3) is 8.28. The van der Waals surface area contributed by atoms with E-state index >= 15 is 0 Å². The van der Waals surface area contributed by atoms with E-state index in [2.05, 4.69) is 16.4 Å². The van der Waals surface area contributed by atoms with E-state index in [4.69, 9.17) is 15.2 Å². The Balaban J connectivity index is 0.00000341. The Hall–Kier alpha value is -2.49. The molecule has 1 amide bonds. The first-order valence-electron chi connectivity index (χ1n) is 10.4. The van der Waals surface area contributed by atoms with Crippen LogP contribution >= 0.6 is 24.0 Å². The Kier molecular flexibility index (Phi) is 10.4. The summed E-state index contributed by atoms with van der Waals surface area (Å²) >= 11 is 0. The quantitative estimate of drug-likeness (QED) is 0.317. The van der Waals surface area contributed by atoms with Crippen molar-refractivity contribution in [1.82, 2.24) is 10.2 Å². The van der Waals surface area contributed by atoms with E-state index in [-0.39, 0.29) is 36.1 Å². The number of nitrogens with zero attached hydrogens (tertiary/aromatic N) is 2. The van der Waals surface area contributed by atoms with Crippen LogP contribution in [0.3, 0.4) is 0 Å². The number of nitrogens with one attached hydrogen (secondary N) is 1. The number of rotatable bonds is 7. The van der Waals surface area contributed by atoms with Gasteiger partial charge in [-0.2, -0.15) is 0 Å². The number of piperidine rings is 1. The molecule has 2 aromatic carbocycles. The number of hydrogen-bond donors (Lipinski definition) is 2. The largest absolute Gasteiger partial charge is 0.489 e. The molecule has 0 radical (unpaired) electrons. The highest BCUT2D eigenvalue weighted by Crippen LogP contribution is 2.14. The maximum atomic E-state index is 11.8. The van der Waals surface area contributed by atoms with Crippen LogP contribution in [-0.4, -0.2) is 42.7 Å². The van der Waals surface area contributed by atoms with Crippen molar-refractivity contribution in [2.45, 2.75) is 39.0 Å². The molecule has 1 saturated heterocycles. The van der Waals surface area contributed by atoms with Gasteiger partial charge in [-0.1, -0.05) is 42.5 Å². The van der Waals surface area contributed by atoms with Crippen molar-refractivity contribution in [3.05, 3.63) is 65.7 Å². The highest BCUT2D eigenvalue weighted by molar-refractivity contribution is 14.0. The van der Waals surface area contributed by atoms with E-state index in [9.17, 15) is 4.79 Å². The number of amides is 1. The average Bonchev–Trinajstić information content (AvgIpc) is 2.78. The van der Waals surface area contributed by atoms with Gasteiger partial charge < -0.3 is 25.4 Å². The van der Waals surface area contributed by atoms with E-state index in [1.165, 1.54) is 0 Å². The van der Waals surface area contributed by atoms with Crippen LogP contribution in [0.25, 0.3) is 0 Å². The fraction of sp³-hybridized carbons (Fsp3) is 0.391. The second-order valence-electron chi connectivity index (χ2n) is 7.23. The number of hydrogen-bond acceptors (Lipinski definition) is 4. The van der Waals surface area contributed by atoms with Gasteiger partial charge >= 0.3 is 6.09 Å². The van der Waals surface area contributed by atoms with Gasteiger partial charge in [0.15, 0.2) is 5.96 Å². The van der Waals surface area contributed by atoms with Crippen LogP contribution in [-0.2, 0) is 17.9 Å². The molecular weight excluding hydrogens is 507 g/mol. The molecule has 0 spiro atoms. The van der Waals surface area contributed by atoms with Gasteiger partial charge in [0.2, 0.25) is 0 Å². The van der Waals surface area contributed by atoms with Crippen molar-refractivity contribution in [3.63, 3.8) is 0 Å². The van der Waals surface area contributed by atoms with Gasteiger partial charge in [-0.05, 0) is 43.0 Å². The van der Waals surface area contributed by atoms with Gasteiger partial charge in [-0.3, -0.25) is 0 Å². The number of para-hydroxylation sites is 1. The molecule has 8 heteroatoms. The van der Waals surface area contributed by atoms with Crippen LogP contribution in [0, 0.1) is 0 Å². The third-order valence-corrected chi connectivity index (χ3v) is 4.95. The van der Waals surface area contributed by atoms with Gasteiger partial charge in [-0.15, -0.1) is 24.0 Å². The summed E-state index contributed by atoms with van der Waals surface area (Å²) < 4.78 is 10.9. The monoisotopic (exact) mass is 538 g/mol. The zero-order valence-corrected chi connectivity index (χ0v) is 20.2. The lowest BCUT2D eigenvalue weighted by atomic mass is 10.1. The van der Waals surface area contributed by atoms with Crippen LogP contribution in [0.5, 0.6) is 5.75 Å².